The highest BCUT2D eigenvalue weighted by Crippen LogP contribution is 2.15. The normalized spacial score (nSPS) is 11.6. The molecular weight excluding hydrogens is 388 g/mol. The van der Waals surface area contributed by atoms with Crippen molar-refractivity contribution in [3.05, 3.63) is 59.7 Å². The molecule has 26 heavy (non-hydrogen) atoms. The van der Waals surface area contributed by atoms with Crippen molar-refractivity contribution in [2.45, 2.75) is 9.79 Å². The van der Waals surface area contributed by atoms with Crippen molar-refractivity contribution in [2.75, 3.05) is 0 Å². The van der Waals surface area contributed by atoms with Gasteiger partial charge >= 0.3 is 0 Å². The van der Waals surface area contributed by atoms with E-state index in [0.29, 0.717) is 0 Å². The van der Waals surface area contributed by atoms with E-state index in [1.807, 2.05) is 10.9 Å². The summed E-state index contributed by atoms with van der Waals surface area (Å²) in [5.41, 5.74) is 3.30. The summed E-state index contributed by atoms with van der Waals surface area (Å²) in [4.78, 5) is 22.8. The molecule has 4 N–H and O–H groups in total. The van der Waals surface area contributed by atoms with Crippen LogP contribution in [0.4, 0.5) is 0 Å². The summed E-state index contributed by atoms with van der Waals surface area (Å²) < 4.78 is 62.7. The Hall–Kier alpha value is -2.80. The number of hydrogen-bond acceptors (Lipinski definition) is 6. The monoisotopic (exact) mass is 400 g/mol. The van der Waals surface area contributed by atoms with Crippen LogP contribution in [0.3, 0.4) is 0 Å². The summed E-state index contributed by atoms with van der Waals surface area (Å²) in [6.07, 6.45) is 0. The molecule has 0 saturated carbocycles. The van der Waals surface area contributed by atoms with Gasteiger partial charge in [0.25, 0.3) is 32.1 Å². The largest absolute Gasteiger partial charge is 0.295 e. The molecule has 0 aliphatic rings. The molecular formula is C14H12N2O8S2. The van der Waals surface area contributed by atoms with Crippen molar-refractivity contribution in [1.82, 2.24) is 10.9 Å². The maximum absolute atomic E-state index is 12.0. The molecule has 0 aliphatic carbocycles. The zero-order valence-electron chi connectivity index (χ0n) is 12.8. The standard InChI is InChI=1S/C14H12N2O8S2/c17-13(9-4-3-5-10(8-9)25(19,20)21)15-16-14(18)11-6-1-2-7-12(11)26(22,23)24/h1-8H,(H,15,17)(H,16,18)(H,19,20,21)(H,22,23,24). The third kappa shape index (κ3) is 4.64. The van der Waals surface area contributed by atoms with Crippen LogP contribution in [0.25, 0.3) is 0 Å². The summed E-state index contributed by atoms with van der Waals surface area (Å²) in [5, 5.41) is 0. The van der Waals surface area contributed by atoms with Crippen LogP contribution in [0.1, 0.15) is 20.7 Å². The van der Waals surface area contributed by atoms with Gasteiger partial charge in [-0.3, -0.25) is 29.5 Å². The molecule has 138 valence electrons. The van der Waals surface area contributed by atoms with Gasteiger partial charge in [-0.05, 0) is 30.3 Å². The summed E-state index contributed by atoms with van der Waals surface area (Å²) in [6.45, 7) is 0. The van der Waals surface area contributed by atoms with Crippen molar-refractivity contribution in [2.24, 2.45) is 0 Å². The van der Waals surface area contributed by atoms with E-state index in [4.69, 9.17) is 9.11 Å². The van der Waals surface area contributed by atoms with E-state index in [0.717, 1.165) is 24.3 Å². The highest BCUT2D eigenvalue weighted by atomic mass is 32.2. The number of hydrazine groups is 1. The minimum Gasteiger partial charge on any atom is -0.282 e. The lowest BCUT2D eigenvalue weighted by atomic mass is 10.2. The molecule has 0 unspecified atom stereocenters. The average molecular weight is 400 g/mol. The topological polar surface area (TPSA) is 167 Å². The quantitative estimate of drug-likeness (QED) is 0.418. The molecule has 0 heterocycles. The molecule has 2 aromatic rings. The van der Waals surface area contributed by atoms with E-state index in [-0.39, 0.29) is 5.56 Å². The molecule has 0 fully saturated rings. The second-order valence-electron chi connectivity index (χ2n) is 4.88. The van der Waals surface area contributed by atoms with Crippen molar-refractivity contribution >= 4 is 32.1 Å². The zero-order chi connectivity index (χ0) is 19.5. The Bertz CT molecular complexity index is 1080. The molecule has 0 aliphatic heterocycles. The molecule has 0 atom stereocenters. The Morgan fingerprint density at radius 1 is 0.769 bits per heavy atom. The van der Waals surface area contributed by atoms with Gasteiger partial charge in [-0.15, -0.1) is 0 Å². The lowest BCUT2D eigenvalue weighted by Gasteiger charge is -2.10. The van der Waals surface area contributed by atoms with Gasteiger partial charge in [0.2, 0.25) is 0 Å². The second-order valence-corrected chi connectivity index (χ2v) is 7.69. The number of benzene rings is 2. The molecule has 10 nitrogen and oxygen atoms in total. The minimum absolute atomic E-state index is 0.191. The Morgan fingerprint density at radius 2 is 1.38 bits per heavy atom. The average Bonchev–Trinajstić information content (AvgIpc) is 2.58. The van der Waals surface area contributed by atoms with E-state index >= 15 is 0 Å². The highest BCUT2D eigenvalue weighted by Gasteiger charge is 2.20. The van der Waals surface area contributed by atoms with Gasteiger partial charge in [0.15, 0.2) is 0 Å². The fourth-order valence-corrected chi connectivity index (χ4v) is 3.15. The molecule has 2 aromatic carbocycles. The summed E-state index contributed by atoms with van der Waals surface area (Å²) in [6, 6.07) is 9.12. The number of carbonyl (C=O) groups is 2. The molecule has 0 radical (unpaired) electrons. The molecule has 2 amide bonds. The van der Waals surface area contributed by atoms with Gasteiger partial charge in [-0.25, -0.2) is 0 Å². The summed E-state index contributed by atoms with van der Waals surface area (Å²) in [5.74, 6) is -1.95. The van der Waals surface area contributed by atoms with Crippen molar-refractivity contribution in [3.63, 3.8) is 0 Å². The lowest BCUT2D eigenvalue weighted by Crippen LogP contribution is -2.42. The molecule has 0 saturated heterocycles. The first-order chi connectivity index (χ1) is 12.0. The van der Waals surface area contributed by atoms with Crippen LogP contribution in [0, 0.1) is 0 Å². The maximum Gasteiger partial charge on any atom is 0.295 e. The zero-order valence-corrected chi connectivity index (χ0v) is 14.4. The van der Waals surface area contributed by atoms with Crippen molar-refractivity contribution in [3.8, 4) is 0 Å². The van der Waals surface area contributed by atoms with Crippen LogP contribution in [-0.2, 0) is 20.2 Å². The van der Waals surface area contributed by atoms with Crippen LogP contribution in [0.15, 0.2) is 58.3 Å². The van der Waals surface area contributed by atoms with Crippen molar-refractivity contribution < 1.29 is 35.5 Å². The van der Waals surface area contributed by atoms with Gasteiger partial charge in [-0.2, -0.15) is 16.8 Å². The molecule has 0 aromatic heterocycles. The predicted molar refractivity (Wildman–Crippen MR) is 87.4 cm³/mol. The second kappa shape index (κ2) is 7.21. The van der Waals surface area contributed by atoms with Crippen LogP contribution in [-0.4, -0.2) is 37.8 Å². The SMILES string of the molecule is O=C(NNC(=O)c1ccccc1S(=O)(=O)O)c1cccc(S(=O)(=O)O)c1. The Morgan fingerprint density at radius 3 is 2.00 bits per heavy atom. The van der Waals surface area contributed by atoms with E-state index < -0.39 is 47.4 Å². The van der Waals surface area contributed by atoms with E-state index in [2.05, 4.69) is 0 Å². The Labute approximate surface area is 148 Å². The smallest absolute Gasteiger partial charge is 0.282 e. The van der Waals surface area contributed by atoms with Crippen molar-refractivity contribution in [1.29, 1.82) is 0 Å². The Kier molecular flexibility index (Phi) is 5.41. The first kappa shape index (κ1) is 19.5. The van der Waals surface area contributed by atoms with Crippen LogP contribution >= 0.6 is 0 Å². The maximum atomic E-state index is 12.0. The number of amides is 2. The predicted octanol–water partition coefficient (Wildman–Crippen LogP) is 0.255. The van der Waals surface area contributed by atoms with E-state index in [1.165, 1.54) is 24.3 Å². The van der Waals surface area contributed by atoms with Crippen LogP contribution in [0.5, 0.6) is 0 Å². The molecule has 12 heteroatoms. The van der Waals surface area contributed by atoms with E-state index in [9.17, 15) is 26.4 Å². The third-order valence-corrected chi connectivity index (χ3v) is 4.85. The number of rotatable bonds is 4. The van der Waals surface area contributed by atoms with Gasteiger partial charge in [0.05, 0.1) is 10.5 Å². The van der Waals surface area contributed by atoms with Gasteiger partial charge in [0.1, 0.15) is 4.90 Å². The summed E-state index contributed by atoms with van der Waals surface area (Å²) in [7, 11) is -9.18. The first-order valence-electron chi connectivity index (χ1n) is 6.75. The number of hydrogen-bond donors (Lipinski definition) is 4. The number of carbonyl (C=O) groups excluding carboxylic acids is 2. The van der Waals surface area contributed by atoms with Gasteiger partial charge in [0, 0.05) is 5.56 Å². The minimum atomic E-state index is -4.66. The molecule has 2 rings (SSSR count). The highest BCUT2D eigenvalue weighted by molar-refractivity contribution is 7.86. The van der Waals surface area contributed by atoms with Crippen LogP contribution in [0.2, 0.25) is 0 Å². The Balaban J connectivity index is 2.18. The third-order valence-electron chi connectivity index (χ3n) is 3.09. The lowest BCUT2D eigenvalue weighted by molar-refractivity contribution is 0.0844. The van der Waals surface area contributed by atoms with E-state index in [1.54, 1.807) is 0 Å². The molecule has 0 bridgehead atoms. The first-order valence-corrected chi connectivity index (χ1v) is 9.63. The van der Waals surface area contributed by atoms with Gasteiger partial charge < -0.3 is 0 Å². The van der Waals surface area contributed by atoms with Gasteiger partial charge in [-0.1, -0.05) is 18.2 Å². The van der Waals surface area contributed by atoms with Crippen LogP contribution < -0.4 is 10.9 Å². The summed E-state index contributed by atoms with van der Waals surface area (Å²) >= 11 is 0. The molecule has 0 spiro atoms. The number of nitrogens with one attached hydrogen (secondary N) is 2. The fraction of sp³-hybridized carbons (Fsp3) is 0. The fourth-order valence-electron chi connectivity index (χ4n) is 1.93.